The van der Waals surface area contributed by atoms with E-state index in [1.807, 2.05) is 0 Å². The zero-order chi connectivity index (χ0) is 34.4. The fourth-order valence-electron chi connectivity index (χ4n) is 4.87. The normalized spacial score (nSPS) is 12.0. The third-order valence-corrected chi connectivity index (χ3v) is 31.1. The molecule has 0 nitrogen and oxygen atoms in total. The molecule has 0 unspecified atom stereocenters. The maximum absolute atomic E-state index is 7.01. The van der Waals surface area contributed by atoms with Crippen LogP contribution in [-0.4, -0.2) is 15.0 Å². The standard InChI is InChI=1S/4C6Cl5.Ga/c4*7-2-1-3(8)5(10)6(11)4(2)9;/q;;;;-1. The van der Waals surface area contributed by atoms with Gasteiger partial charge in [-0.1, -0.05) is 0 Å². The van der Waals surface area contributed by atoms with Crippen LogP contribution in [0.5, 0.6) is 0 Å². The summed E-state index contributed by atoms with van der Waals surface area (Å²) in [4.78, 5) is 0. The summed E-state index contributed by atoms with van der Waals surface area (Å²) in [7, 11) is 0. The fraction of sp³-hybridized carbons (Fsp3) is 0. The van der Waals surface area contributed by atoms with Crippen molar-refractivity contribution in [1.29, 1.82) is 0 Å². The van der Waals surface area contributed by atoms with Gasteiger partial charge in [-0.3, -0.25) is 0 Å². The van der Waals surface area contributed by atoms with Crippen LogP contribution in [0.25, 0.3) is 0 Å². The Balaban J connectivity index is 2.69. The van der Waals surface area contributed by atoms with Crippen molar-refractivity contribution in [3.8, 4) is 0 Å². The Morgan fingerprint density at radius 3 is 0.356 bits per heavy atom. The summed E-state index contributed by atoms with van der Waals surface area (Å²) < 4.78 is -0.465. The van der Waals surface area contributed by atoms with E-state index in [2.05, 4.69) is 0 Å². The molecule has 0 saturated carbocycles. The molecule has 0 aliphatic rings. The van der Waals surface area contributed by atoms with Crippen molar-refractivity contribution < 1.29 is 0 Å². The van der Waals surface area contributed by atoms with Crippen LogP contribution in [0.2, 0.25) is 100 Å². The Labute approximate surface area is 358 Å². The van der Waals surface area contributed by atoms with E-state index in [1.54, 1.807) is 0 Å². The van der Waals surface area contributed by atoms with Crippen LogP contribution < -0.4 is 16.5 Å². The number of halogens is 20. The predicted octanol–water partition coefficient (Wildman–Crippen LogP) is 16.1. The molecular weight excluding hydrogens is 1070 g/mol. The zero-order valence-electron chi connectivity index (χ0n) is 20.1. The van der Waals surface area contributed by atoms with Gasteiger partial charge in [0.2, 0.25) is 0 Å². The Morgan fingerprint density at radius 2 is 0.244 bits per heavy atom. The number of benzene rings is 4. The summed E-state index contributed by atoms with van der Waals surface area (Å²) in [6.45, 7) is 0. The van der Waals surface area contributed by atoms with Crippen molar-refractivity contribution in [1.82, 2.24) is 0 Å². The van der Waals surface area contributed by atoms with Crippen molar-refractivity contribution in [2.24, 2.45) is 0 Å². The van der Waals surface area contributed by atoms with E-state index in [0.29, 0.717) is 0 Å². The van der Waals surface area contributed by atoms with Gasteiger partial charge in [-0.15, -0.1) is 0 Å². The predicted molar refractivity (Wildman–Crippen MR) is 210 cm³/mol. The molecule has 0 N–H and O–H groups in total. The van der Waals surface area contributed by atoms with Gasteiger partial charge in [0.15, 0.2) is 0 Å². The van der Waals surface area contributed by atoms with E-state index in [4.69, 9.17) is 232 Å². The van der Waals surface area contributed by atoms with Crippen molar-refractivity contribution in [2.75, 3.05) is 0 Å². The molecule has 0 atom stereocenters. The molecule has 4 aromatic rings. The van der Waals surface area contributed by atoms with Crippen LogP contribution in [0.1, 0.15) is 0 Å². The van der Waals surface area contributed by atoms with Crippen molar-refractivity contribution >= 4 is 264 Å². The number of hydrogen-bond donors (Lipinski definition) is 0. The summed E-state index contributed by atoms with van der Waals surface area (Å²) in [5.41, 5.74) is 0. The third kappa shape index (κ3) is 6.39. The van der Waals surface area contributed by atoms with E-state index in [9.17, 15) is 0 Å². The molecule has 0 aromatic heterocycles. The molecule has 4 rings (SSSR count). The topological polar surface area (TPSA) is 0 Å². The fourth-order valence-corrected chi connectivity index (χ4v) is 30.3. The minimum atomic E-state index is -6.12. The molecule has 0 fully saturated rings. The average molecular weight is 1070 g/mol. The van der Waals surface area contributed by atoms with E-state index in [0.717, 1.165) is 0 Å². The van der Waals surface area contributed by atoms with Gasteiger partial charge in [0, 0.05) is 0 Å². The van der Waals surface area contributed by atoms with Crippen LogP contribution in [0, 0.1) is 0 Å². The van der Waals surface area contributed by atoms with E-state index >= 15 is 0 Å². The Kier molecular flexibility index (Phi) is 14.0. The Bertz CT molecular complexity index is 1570. The van der Waals surface area contributed by atoms with Gasteiger partial charge in [-0.25, -0.2) is 0 Å². The first kappa shape index (κ1) is 41.1. The van der Waals surface area contributed by atoms with Gasteiger partial charge >= 0.3 is 364 Å². The molecule has 0 bridgehead atoms. The molecular formula is C24Cl20Ga-. The van der Waals surface area contributed by atoms with Crippen molar-refractivity contribution in [3.63, 3.8) is 0 Å². The Hall–Kier alpha value is 3.32. The van der Waals surface area contributed by atoms with E-state index < -0.39 is 15.0 Å². The molecule has 0 heterocycles. The van der Waals surface area contributed by atoms with Crippen LogP contribution in [-0.2, 0) is 0 Å². The van der Waals surface area contributed by atoms with E-state index in [1.165, 1.54) is 0 Å². The van der Waals surface area contributed by atoms with Gasteiger partial charge in [0.25, 0.3) is 0 Å². The van der Waals surface area contributed by atoms with Crippen LogP contribution >= 0.6 is 232 Å². The summed E-state index contributed by atoms with van der Waals surface area (Å²) in [6.07, 6.45) is 0. The first-order valence-electron chi connectivity index (χ1n) is 10.9. The van der Waals surface area contributed by atoms with Crippen molar-refractivity contribution in [3.05, 3.63) is 100 Å². The van der Waals surface area contributed by atoms with Gasteiger partial charge in [0.05, 0.1) is 0 Å². The number of rotatable bonds is 4. The summed E-state index contributed by atoms with van der Waals surface area (Å²) in [5, 5.41) is -5.59. The van der Waals surface area contributed by atoms with Gasteiger partial charge in [-0.05, 0) is 0 Å². The van der Waals surface area contributed by atoms with Gasteiger partial charge in [-0.2, -0.15) is 0 Å². The maximum atomic E-state index is 7.01. The Morgan fingerprint density at radius 1 is 0.156 bits per heavy atom. The summed E-state index contributed by atoms with van der Waals surface area (Å²) in [6, 6.07) is 0. The zero-order valence-corrected chi connectivity index (χ0v) is 37.7. The molecule has 0 aliphatic carbocycles. The average Bonchev–Trinajstić information content (AvgIpc) is 3.00. The first-order chi connectivity index (χ1) is 20.7. The van der Waals surface area contributed by atoms with Gasteiger partial charge < -0.3 is 0 Å². The summed E-state index contributed by atoms with van der Waals surface area (Å²) >= 11 is 129. The minimum absolute atomic E-state index is 0.116. The SMILES string of the molecule is Clc1c(Cl)c(Cl)[c]([Ga-]([c]2c(Cl)c(Cl)c(Cl)c(Cl)c2Cl)([c]2c(Cl)c(Cl)c(Cl)c(Cl)c2Cl)[c]2c(Cl)c(Cl)c(Cl)c(Cl)c2Cl)c(Cl)c1Cl. The third-order valence-electron chi connectivity index (χ3n) is 6.71. The molecule has 240 valence electrons. The van der Waals surface area contributed by atoms with Gasteiger partial charge in [0.1, 0.15) is 0 Å². The quantitative estimate of drug-likeness (QED) is 0.109. The number of hydrogen-bond acceptors (Lipinski definition) is 0. The second-order valence-corrected chi connectivity index (χ2v) is 24.8. The van der Waals surface area contributed by atoms with E-state index in [-0.39, 0.29) is 117 Å². The molecule has 4 aromatic carbocycles. The van der Waals surface area contributed by atoms with Crippen LogP contribution in [0.15, 0.2) is 0 Å². The molecule has 45 heavy (non-hydrogen) atoms. The molecule has 21 heteroatoms. The molecule has 0 radical (unpaired) electrons. The second kappa shape index (κ2) is 15.4. The molecule has 0 aliphatic heterocycles. The second-order valence-electron chi connectivity index (χ2n) is 8.80. The molecule has 0 spiro atoms. The summed E-state index contributed by atoms with van der Waals surface area (Å²) in [5.74, 6) is 0. The van der Waals surface area contributed by atoms with Crippen LogP contribution in [0.3, 0.4) is 0 Å². The molecule has 0 amide bonds. The van der Waals surface area contributed by atoms with Crippen molar-refractivity contribution in [2.45, 2.75) is 0 Å². The first-order valence-corrected chi connectivity index (χ1v) is 23.3. The monoisotopic (exact) mass is 1060 g/mol. The molecule has 0 saturated heterocycles. The van der Waals surface area contributed by atoms with Crippen LogP contribution in [0.4, 0.5) is 0 Å².